The molecular weight excluding hydrogens is 301 g/mol. The van der Waals surface area contributed by atoms with Crippen LogP contribution in [0.2, 0.25) is 0 Å². The molecular formula is C17H10FNO4. The van der Waals surface area contributed by atoms with Gasteiger partial charge in [0.1, 0.15) is 5.82 Å². The Balaban J connectivity index is 2.02. The molecule has 0 amide bonds. The minimum atomic E-state index is -0.782. The number of hydrogen-bond acceptors (Lipinski definition) is 4. The van der Waals surface area contributed by atoms with Gasteiger partial charge in [-0.2, -0.15) is 0 Å². The molecule has 0 saturated heterocycles. The second-order valence-corrected chi connectivity index (χ2v) is 4.79. The van der Waals surface area contributed by atoms with Crippen LogP contribution in [0.3, 0.4) is 0 Å². The van der Waals surface area contributed by atoms with Crippen molar-refractivity contribution >= 4 is 22.4 Å². The molecule has 0 aliphatic rings. The van der Waals surface area contributed by atoms with Crippen LogP contribution in [0.25, 0.3) is 10.8 Å². The highest BCUT2D eigenvalue weighted by Crippen LogP contribution is 2.29. The number of fused-ring (bicyclic) bond motifs is 1. The Kier molecular flexibility index (Phi) is 3.72. The second kappa shape index (κ2) is 5.84. The van der Waals surface area contributed by atoms with Gasteiger partial charge in [-0.1, -0.05) is 36.4 Å². The van der Waals surface area contributed by atoms with E-state index in [2.05, 4.69) is 0 Å². The lowest BCUT2D eigenvalue weighted by molar-refractivity contribution is -0.385. The Labute approximate surface area is 130 Å². The monoisotopic (exact) mass is 311 g/mol. The highest BCUT2D eigenvalue weighted by Gasteiger charge is 2.20. The van der Waals surface area contributed by atoms with Crippen LogP contribution in [0.5, 0.6) is 5.75 Å². The van der Waals surface area contributed by atoms with Crippen LogP contribution in [-0.4, -0.2) is 10.9 Å². The summed E-state index contributed by atoms with van der Waals surface area (Å²) in [6, 6.07) is 14.9. The van der Waals surface area contributed by atoms with Crippen LogP contribution in [0.15, 0.2) is 60.7 Å². The second-order valence-electron chi connectivity index (χ2n) is 4.79. The first kappa shape index (κ1) is 14.6. The molecule has 0 fully saturated rings. The maximum Gasteiger partial charge on any atom is 0.344 e. The zero-order valence-corrected chi connectivity index (χ0v) is 11.7. The van der Waals surface area contributed by atoms with E-state index < -0.39 is 28.1 Å². The summed E-state index contributed by atoms with van der Waals surface area (Å²) >= 11 is 0. The van der Waals surface area contributed by atoms with Crippen molar-refractivity contribution in [1.29, 1.82) is 0 Å². The van der Waals surface area contributed by atoms with Gasteiger partial charge in [-0.15, -0.1) is 0 Å². The molecule has 3 rings (SSSR count). The van der Waals surface area contributed by atoms with Crippen molar-refractivity contribution in [1.82, 2.24) is 0 Å². The van der Waals surface area contributed by atoms with Crippen LogP contribution in [0.1, 0.15) is 10.4 Å². The highest BCUT2D eigenvalue weighted by atomic mass is 19.1. The number of esters is 1. The average Bonchev–Trinajstić information content (AvgIpc) is 2.54. The van der Waals surface area contributed by atoms with E-state index in [-0.39, 0.29) is 5.56 Å². The van der Waals surface area contributed by atoms with E-state index in [4.69, 9.17) is 4.74 Å². The summed E-state index contributed by atoms with van der Waals surface area (Å²) in [7, 11) is 0. The summed E-state index contributed by atoms with van der Waals surface area (Å²) in [6.07, 6.45) is 0. The first-order chi connectivity index (χ1) is 11.1. The van der Waals surface area contributed by atoms with Crippen molar-refractivity contribution in [2.24, 2.45) is 0 Å². The predicted molar refractivity (Wildman–Crippen MR) is 82.0 cm³/mol. The molecule has 23 heavy (non-hydrogen) atoms. The van der Waals surface area contributed by atoms with Gasteiger partial charge in [0.25, 0.3) is 0 Å². The number of halogens is 1. The van der Waals surface area contributed by atoms with Gasteiger partial charge in [0.05, 0.1) is 10.5 Å². The Bertz CT molecular complexity index is 918. The van der Waals surface area contributed by atoms with Crippen LogP contribution in [-0.2, 0) is 0 Å². The molecule has 0 unspecified atom stereocenters. The van der Waals surface area contributed by atoms with E-state index in [1.54, 1.807) is 24.3 Å². The molecule has 5 nitrogen and oxygen atoms in total. The fourth-order valence-corrected chi connectivity index (χ4v) is 2.28. The lowest BCUT2D eigenvalue weighted by Crippen LogP contribution is -2.10. The van der Waals surface area contributed by atoms with Gasteiger partial charge in [-0.3, -0.25) is 10.1 Å². The average molecular weight is 311 g/mol. The third-order valence-electron chi connectivity index (χ3n) is 3.33. The molecule has 0 aromatic heterocycles. The zero-order chi connectivity index (χ0) is 16.4. The molecule has 0 spiro atoms. The van der Waals surface area contributed by atoms with Gasteiger partial charge in [-0.05, 0) is 22.9 Å². The number of benzene rings is 3. The summed E-state index contributed by atoms with van der Waals surface area (Å²) in [4.78, 5) is 22.6. The molecule has 0 aliphatic carbocycles. The Morgan fingerprint density at radius 1 is 1.04 bits per heavy atom. The number of nitrogens with zero attached hydrogens (tertiary/aromatic N) is 1. The maximum absolute atomic E-state index is 13.3. The van der Waals surface area contributed by atoms with Crippen LogP contribution in [0, 0.1) is 15.9 Å². The summed E-state index contributed by atoms with van der Waals surface area (Å²) in [5.41, 5.74) is -0.221. The third-order valence-corrected chi connectivity index (χ3v) is 3.33. The minimum absolute atomic E-state index is 0.252. The van der Waals surface area contributed by atoms with Crippen LogP contribution < -0.4 is 4.74 Å². The number of hydrogen-bond donors (Lipinski definition) is 0. The number of carbonyl (C=O) groups excluding carboxylic acids is 1. The van der Waals surface area contributed by atoms with Gasteiger partial charge >= 0.3 is 11.7 Å². The summed E-state index contributed by atoms with van der Waals surface area (Å²) < 4.78 is 18.4. The molecule has 0 heterocycles. The first-order valence-corrected chi connectivity index (χ1v) is 6.70. The Morgan fingerprint density at radius 3 is 2.57 bits per heavy atom. The molecule has 0 N–H and O–H groups in total. The summed E-state index contributed by atoms with van der Waals surface area (Å²) in [6.45, 7) is 0. The molecule has 114 valence electrons. The number of ether oxygens (including phenoxy) is 1. The molecule has 3 aromatic rings. The van der Waals surface area contributed by atoms with Gasteiger partial charge in [0, 0.05) is 12.1 Å². The summed E-state index contributed by atoms with van der Waals surface area (Å²) in [5, 5.41) is 12.4. The maximum atomic E-state index is 13.3. The van der Waals surface area contributed by atoms with Crippen molar-refractivity contribution in [3.05, 3.63) is 82.2 Å². The molecule has 3 aromatic carbocycles. The van der Waals surface area contributed by atoms with E-state index in [9.17, 15) is 19.3 Å². The zero-order valence-electron chi connectivity index (χ0n) is 11.7. The lowest BCUT2D eigenvalue weighted by atomic mass is 10.0. The van der Waals surface area contributed by atoms with Crippen LogP contribution >= 0.6 is 0 Å². The van der Waals surface area contributed by atoms with E-state index >= 15 is 0 Å². The Morgan fingerprint density at radius 2 is 1.78 bits per heavy atom. The largest absolute Gasteiger partial charge is 0.415 e. The normalized spacial score (nSPS) is 10.5. The molecule has 0 aliphatic heterocycles. The smallest absolute Gasteiger partial charge is 0.344 e. The van der Waals surface area contributed by atoms with E-state index in [1.807, 2.05) is 18.2 Å². The topological polar surface area (TPSA) is 69.4 Å². The van der Waals surface area contributed by atoms with Crippen LogP contribution in [0.4, 0.5) is 10.1 Å². The fraction of sp³-hybridized carbons (Fsp3) is 0. The predicted octanol–water partition coefficient (Wildman–Crippen LogP) is 4.11. The van der Waals surface area contributed by atoms with Crippen molar-refractivity contribution in [3.8, 4) is 5.75 Å². The molecule has 0 saturated carbocycles. The van der Waals surface area contributed by atoms with Crippen molar-refractivity contribution < 1.29 is 18.8 Å². The Hall–Kier alpha value is -3.28. The van der Waals surface area contributed by atoms with Crippen molar-refractivity contribution in [3.63, 3.8) is 0 Å². The molecule has 0 radical (unpaired) electrons. The minimum Gasteiger partial charge on any atom is -0.415 e. The number of nitro groups is 1. The van der Waals surface area contributed by atoms with Crippen molar-refractivity contribution in [2.75, 3.05) is 0 Å². The highest BCUT2D eigenvalue weighted by molar-refractivity contribution is 6.05. The van der Waals surface area contributed by atoms with Gasteiger partial charge in [-0.25, -0.2) is 9.18 Å². The third kappa shape index (κ3) is 2.87. The quantitative estimate of drug-likeness (QED) is 0.316. The van der Waals surface area contributed by atoms with E-state index in [0.29, 0.717) is 5.39 Å². The standard InChI is InChI=1S/C17H10FNO4/c18-12-8-9-15(19(21)22)16(10-12)23-17(20)14-7-3-5-11-4-1-2-6-13(11)14/h1-10H. The fourth-order valence-electron chi connectivity index (χ4n) is 2.28. The SMILES string of the molecule is O=C(Oc1cc(F)ccc1[N+](=O)[O-])c1cccc2ccccc12. The van der Waals surface area contributed by atoms with Gasteiger partial charge in [0.15, 0.2) is 0 Å². The van der Waals surface area contributed by atoms with E-state index in [0.717, 1.165) is 23.6 Å². The molecule has 6 heteroatoms. The van der Waals surface area contributed by atoms with Gasteiger partial charge < -0.3 is 4.74 Å². The van der Waals surface area contributed by atoms with Gasteiger partial charge in [0.2, 0.25) is 5.75 Å². The number of nitro benzene ring substituents is 1. The van der Waals surface area contributed by atoms with E-state index in [1.165, 1.54) is 0 Å². The number of carbonyl (C=O) groups is 1. The molecule has 0 bridgehead atoms. The van der Waals surface area contributed by atoms with Crippen molar-refractivity contribution in [2.45, 2.75) is 0 Å². The number of rotatable bonds is 3. The first-order valence-electron chi connectivity index (χ1n) is 6.70. The summed E-state index contributed by atoms with van der Waals surface area (Å²) in [5.74, 6) is -1.93. The molecule has 0 atom stereocenters. The lowest BCUT2D eigenvalue weighted by Gasteiger charge is -2.07.